The highest BCUT2D eigenvalue weighted by atomic mass is 15.2. The van der Waals surface area contributed by atoms with Gasteiger partial charge in [0.15, 0.2) is 0 Å². The lowest BCUT2D eigenvalue weighted by atomic mass is 9.86. The van der Waals surface area contributed by atoms with Crippen LogP contribution in [-0.4, -0.2) is 0 Å². The Labute approximate surface area is 792 Å². The van der Waals surface area contributed by atoms with Crippen molar-refractivity contribution in [2.45, 2.75) is 0 Å². The molecule has 0 atom stereocenters. The highest BCUT2D eigenvalue weighted by Crippen LogP contribution is 2.58. The van der Waals surface area contributed by atoms with Gasteiger partial charge in [-0.05, 0) is 299 Å². The Morgan fingerprint density at radius 3 is 0.713 bits per heavy atom. The Kier molecular flexibility index (Phi) is 21.3. The van der Waals surface area contributed by atoms with E-state index in [0.717, 1.165) is 146 Å². The minimum atomic E-state index is 1.07. The Balaban J connectivity index is 0.000000149. The summed E-state index contributed by atoms with van der Waals surface area (Å²) in [6.45, 7) is 0. The monoisotopic (exact) mass is 1730 g/mol. The van der Waals surface area contributed by atoms with Crippen LogP contribution in [0.25, 0.3) is 120 Å². The van der Waals surface area contributed by atoms with Gasteiger partial charge in [-0.2, -0.15) is 0 Å². The van der Waals surface area contributed by atoms with Gasteiger partial charge in [-0.15, -0.1) is 0 Å². The zero-order valence-corrected chi connectivity index (χ0v) is 74.6. The van der Waals surface area contributed by atoms with Crippen molar-refractivity contribution >= 4 is 178 Å². The molecule has 1 aliphatic rings. The van der Waals surface area contributed by atoms with E-state index >= 15 is 0 Å². The molecule has 6 nitrogen and oxygen atoms in total. The molecular formula is C130H90N6. The number of fused-ring (bicyclic) bond motifs is 10. The summed E-state index contributed by atoms with van der Waals surface area (Å²) in [5, 5.41) is 16.7. The quantitative estimate of drug-likeness (QED) is 0.0556. The second kappa shape index (κ2) is 35.6. The zero-order valence-electron chi connectivity index (χ0n) is 74.6. The van der Waals surface area contributed by atoms with Gasteiger partial charge in [0, 0.05) is 113 Å². The van der Waals surface area contributed by atoms with Crippen LogP contribution in [0.1, 0.15) is 0 Å². The lowest BCUT2D eigenvalue weighted by Gasteiger charge is -2.32. The summed E-state index contributed by atoms with van der Waals surface area (Å²) < 4.78 is 0. The van der Waals surface area contributed by atoms with E-state index in [9.17, 15) is 0 Å². The van der Waals surface area contributed by atoms with Crippen LogP contribution in [0.4, 0.5) is 102 Å². The fourth-order valence-electron chi connectivity index (χ4n) is 20.7. The average molecular weight is 1740 g/mol. The lowest BCUT2D eigenvalue weighted by Crippen LogP contribution is -2.13. The van der Waals surface area contributed by atoms with Crippen LogP contribution < -0.4 is 29.4 Å². The number of para-hydroxylation sites is 12. The molecule has 24 aromatic carbocycles. The third-order valence-electron chi connectivity index (χ3n) is 26.6. The first-order valence-corrected chi connectivity index (χ1v) is 46.6. The Morgan fingerprint density at radius 1 is 0.110 bits per heavy atom. The smallest absolute Gasteiger partial charge is 0.0619 e. The molecule has 0 radical (unpaired) electrons. The van der Waals surface area contributed by atoms with E-state index in [1.54, 1.807) is 0 Å². The summed E-state index contributed by atoms with van der Waals surface area (Å²) in [5.41, 5.74) is 29.4. The van der Waals surface area contributed by atoms with Crippen molar-refractivity contribution < 1.29 is 0 Å². The number of rotatable bonds is 20. The van der Waals surface area contributed by atoms with Crippen molar-refractivity contribution in [3.05, 3.63) is 546 Å². The largest absolute Gasteiger partial charge is 0.310 e. The molecule has 0 unspecified atom stereocenters. The molecule has 0 heterocycles. The van der Waals surface area contributed by atoms with Gasteiger partial charge in [-0.25, -0.2) is 0 Å². The molecule has 0 bridgehead atoms. The summed E-state index contributed by atoms with van der Waals surface area (Å²) >= 11 is 0. The normalized spacial score (nSPS) is 11.4. The van der Waals surface area contributed by atoms with E-state index in [2.05, 4.69) is 575 Å². The molecule has 640 valence electrons. The predicted octanol–water partition coefficient (Wildman–Crippen LogP) is 37.2. The van der Waals surface area contributed by atoms with Crippen LogP contribution >= 0.6 is 0 Å². The second-order valence-electron chi connectivity index (χ2n) is 34.6. The van der Waals surface area contributed by atoms with Gasteiger partial charge >= 0.3 is 0 Å². The minimum Gasteiger partial charge on any atom is -0.310 e. The highest BCUT2D eigenvalue weighted by Gasteiger charge is 2.31. The van der Waals surface area contributed by atoms with E-state index in [1.807, 2.05) is 0 Å². The van der Waals surface area contributed by atoms with Crippen LogP contribution in [0.2, 0.25) is 0 Å². The van der Waals surface area contributed by atoms with Gasteiger partial charge < -0.3 is 29.4 Å². The Bertz CT molecular complexity index is 8240. The fraction of sp³-hybridized carbons (Fsp3) is 0. The summed E-state index contributed by atoms with van der Waals surface area (Å²) in [4.78, 5) is 14.4. The van der Waals surface area contributed by atoms with Gasteiger partial charge in [0.25, 0.3) is 0 Å². The van der Waals surface area contributed by atoms with Crippen molar-refractivity contribution in [1.29, 1.82) is 0 Å². The van der Waals surface area contributed by atoms with Crippen LogP contribution in [0.5, 0.6) is 0 Å². The molecule has 24 aromatic rings. The molecule has 0 fully saturated rings. The SMILES string of the molecule is c1ccc(N(c2ccccc2)c2ccc3c(N(c4ccccc4)c4ccccc4)c4cc(N(c5ccccc5)c5ccccc5)ccc4c(-c4ccc5c6c(cccc46)-c4ccccc4-5)c3c2)cc1.c1ccc(N(c2ccccc2)c2ccc3c(N(c4ccccc4)c4ccccc4)c4cc(N(c5ccccc5)c5ccccc5)ccc4c(-c4ccc5ccc6ccccc6c5c4)c3c2)cc1. The first-order valence-electron chi connectivity index (χ1n) is 46.6. The van der Waals surface area contributed by atoms with Gasteiger partial charge in [-0.1, -0.05) is 346 Å². The highest BCUT2D eigenvalue weighted by molar-refractivity contribution is 6.29. The standard InChI is InChI=1S/C66H45N3.C64H45N3/c1-7-22-46(23-8-1)67(47-24-9-2-10-25-47)52-39-41-61-62(44-52)65(59-43-42-58-55-35-20-19-34-54(55)56-36-21-37-57(59)64(56)58)60-40-38-53(68(48-26-11-3-12-27-48)49-28-13-4-14-29-49)45-63(60)66(61)69(50-30-15-5-16-31-50)51-32-17-6-18-33-51;1-7-22-49(23-8-1)65(50-24-9-2-10-25-50)55-40-42-59-61(44-55)63(48-38-37-47-36-35-46-21-19-20-34-57(46)60(47)43-48)58-41-39-56(66(51-26-11-3-12-27-51)52-28-13-4-14-29-52)45-62(58)64(59)67(53-30-15-5-16-31-53)54-32-17-6-18-33-54/h1-45H;1-45H. The topological polar surface area (TPSA) is 19.4 Å². The first-order chi connectivity index (χ1) is 67.5. The van der Waals surface area contributed by atoms with Gasteiger partial charge in [0.05, 0.1) is 11.4 Å². The maximum Gasteiger partial charge on any atom is 0.0619 e. The number of hydrogen-bond donors (Lipinski definition) is 0. The summed E-state index contributed by atoms with van der Waals surface area (Å²) in [6, 6.07) is 198. The van der Waals surface area contributed by atoms with E-state index in [0.29, 0.717) is 0 Å². The molecule has 0 saturated carbocycles. The molecule has 0 aromatic heterocycles. The minimum absolute atomic E-state index is 1.07. The van der Waals surface area contributed by atoms with E-state index < -0.39 is 0 Å². The molecule has 136 heavy (non-hydrogen) atoms. The molecule has 0 N–H and O–H groups in total. The molecule has 0 amide bonds. The van der Waals surface area contributed by atoms with Gasteiger partial charge in [0.1, 0.15) is 0 Å². The Morgan fingerprint density at radius 2 is 0.360 bits per heavy atom. The molecule has 6 heteroatoms. The number of anilines is 18. The van der Waals surface area contributed by atoms with Crippen LogP contribution in [-0.2, 0) is 0 Å². The molecular weight excluding hydrogens is 1650 g/mol. The van der Waals surface area contributed by atoms with Gasteiger partial charge in [-0.3, -0.25) is 0 Å². The number of benzene rings is 24. The third-order valence-corrected chi connectivity index (χ3v) is 26.6. The second-order valence-corrected chi connectivity index (χ2v) is 34.6. The molecule has 0 saturated heterocycles. The van der Waals surface area contributed by atoms with E-state index in [-0.39, 0.29) is 0 Å². The maximum absolute atomic E-state index is 2.46. The first kappa shape index (κ1) is 81.2. The van der Waals surface area contributed by atoms with Crippen molar-refractivity contribution in [3.63, 3.8) is 0 Å². The van der Waals surface area contributed by atoms with Crippen molar-refractivity contribution in [2.75, 3.05) is 29.4 Å². The summed E-state index contributed by atoms with van der Waals surface area (Å²) in [7, 11) is 0. The number of hydrogen-bond acceptors (Lipinski definition) is 6. The molecule has 25 rings (SSSR count). The van der Waals surface area contributed by atoms with Gasteiger partial charge in [0.2, 0.25) is 0 Å². The van der Waals surface area contributed by atoms with E-state index in [1.165, 1.54) is 76.6 Å². The number of nitrogens with zero attached hydrogens (tertiary/aromatic N) is 6. The van der Waals surface area contributed by atoms with E-state index in [4.69, 9.17) is 0 Å². The van der Waals surface area contributed by atoms with Crippen molar-refractivity contribution in [2.24, 2.45) is 0 Å². The molecule has 0 aliphatic heterocycles. The molecule has 1 aliphatic carbocycles. The van der Waals surface area contributed by atoms with Crippen LogP contribution in [0, 0.1) is 0 Å². The predicted molar refractivity (Wildman–Crippen MR) is 579 cm³/mol. The summed E-state index contributed by atoms with van der Waals surface area (Å²) in [6.07, 6.45) is 0. The zero-order chi connectivity index (χ0) is 90.2. The van der Waals surface area contributed by atoms with Crippen molar-refractivity contribution in [3.8, 4) is 44.5 Å². The van der Waals surface area contributed by atoms with Crippen LogP contribution in [0.15, 0.2) is 546 Å². The lowest BCUT2D eigenvalue weighted by molar-refractivity contribution is 1.28. The summed E-state index contributed by atoms with van der Waals surface area (Å²) in [5.74, 6) is 0. The maximum atomic E-state index is 2.46. The average Bonchev–Trinajstić information content (AvgIpc) is 1.22. The molecule has 0 spiro atoms. The Hall–Kier alpha value is -18.1. The van der Waals surface area contributed by atoms with Crippen LogP contribution in [0.3, 0.4) is 0 Å². The van der Waals surface area contributed by atoms with Crippen molar-refractivity contribution in [1.82, 2.24) is 0 Å². The third kappa shape index (κ3) is 14.9. The fourth-order valence-corrected chi connectivity index (χ4v) is 20.7.